The summed E-state index contributed by atoms with van der Waals surface area (Å²) in [4.78, 5) is 0. The summed E-state index contributed by atoms with van der Waals surface area (Å²) in [6, 6.07) is 11.5. The molecule has 1 nitrogen and oxygen atoms in total. The molecule has 0 unspecified atom stereocenters. The predicted octanol–water partition coefficient (Wildman–Crippen LogP) is -1.24. The van der Waals surface area contributed by atoms with Crippen LogP contribution in [0.5, 0.6) is 0 Å². The van der Waals surface area contributed by atoms with Crippen molar-refractivity contribution in [2.24, 2.45) is 0 Å². The van der Waals surface area contributed by atoms with Crippen molar-refractivity contribution in [2.45, 2.75) is 0 Å². The van der Waals surface area contributed by atoms with Crippen molar-refractivity contribution in [1.29, 1.82) is 5.26 Å². The number of benzene rings is 1. The van der Waals surface area contributed by atoms with E-state index in [2.05, 4.69) is 0 Å². The molecule has 0 saturated heterocycles. The smallest absolute Gasteiger partial charge is 1.00 e. The van der Waals surface area contributed by atoms with Crippen LogP contribution in [0.2, 0.25) is 0 Å². The minimum Gasteiger partial charge on any atom is -1.00 e. The Labute approximate surface area is 97.3 Å². The van der Waals surface area contributed by atoms with E-state index in [1.807, 2.05) is 36.4 Å². The molecule has 0 aliphatic carbocycles. The summed E-state index contributed by atoms with van der Waals surface area (Å²) in [6.45, 7) is 0. The molecule has 0 bridgehead atoms. The number of nitrogens with zero attached hydrogens (tertiary/aromatic N) is 1. The molecule has 1 rings (SSSR count). The van der Waals surface area contributed by atoms with Gasteiger partial charge in [-0.15, -0.1) is 12.1 Å². The van der Waals surface area contributed by atoms with Gasteiger partial charge in [-0.3, -0.25) is 0 Å². The largest absolute Gasteiger partial charge is 2.00 e. The third kappa shape index (κ3) is 5.27. The summed E-state index contributed by atoms with van der Waals surface area (Å²) in [6.07, 6.45) is 1.51. The van der Waals surface area contributed by atoms with Crippen molar-refractivity contribution in [1.82, 2.24) is 0 Å². The molecule has 0 amide bonds. The van der Waals surface area contributed by atoms with E-state index in [4.69, 9.17) is 5.26 Å². The van der Waals surface area contributed by atoms with Gasteiger partial charge in [0.15, 0.2) is 0 Å². The van der Waals surface area contributed by atoms with Gasteiger partial charge in [-0.1, -0.05) is 12.5 Å². The molecular formula is C8H6BrCdN. The first-order valence-electron chi connectivity index (χ1n) is 2.71. The summed E-state index contributed by atoms with van der Waals surface area (Å²) in [5.41, 5.74) is 0.958. The minimum absolute atomic E-state index is 0. The summed E-state index contributed by atoms with van der Waals surface area (Å²) in [7, 11) is 0. The second-order valence-electron chi connectivity index (χ2n) is 1.68. The molecule has 0 fully saturated rings. The van der Waals surface area contributed by atoms with Gasteiger partial charge in [-0.25, -0.2) is 5.26 Å². The second-order valence-corrected chi connectivity index (χ2v) is 1.68. The van der Waals surface area contributed by atoms with Crippen LogP contribution in [-0.4, -0.2) is 0 Å². The zero-order chi connectivity index (χ0) is 6.53. The minimum atomic E-state index is 0. The van der Waals surface area contributed by atoms with E-state index in [-0.39, 0.29) is 44.3 Å². The molecule has 0 aliphatic heterocycles. The van der Waals surface area contributed by atoms with Gasteiger partial charge in [0.25, 0.3) is 0 Å². The average Bonchev–Trinajstić information content (AvgIpc) is 1.91. The molecule has 0 heterocycles. The van der Waals surface area contributed by atoms with Gasteiger partial charge in [-0.2, -0.15) is 17.7 Å². The van der Waals surface area contributed by atoms with E-state index < -0.39 is 0 Å². The van der Waals surface area contributed by atoms with Crippen molar-refractivity contribution in [3.63, 3.8) is 0 Å². The summed E-state index contributed by atoms with van der Waals surface area (Å²) >= 11 is 0. The summed E-state index contributed by atoms with van der Waals surface area (Å²) in [5.74, 6) is 0. The van der Waals surface area contributed by atoms with E-state index >= 15 is 0 Å². The number of nitriles is 1. The van der Waals surface area contributed by atoms with Gasteiger partial charge in [-0.05, 0) is 0 Å². The van der Waals surface area contributed by atoms with Crippen LogP contribution in [0.3, 0.4) is 0 Å². The van der Waals surface area contributed by atoms with Crippen LogP contribution in [0.4, 0.5) is 0 Å². The first-order valence-corrected chi connectivity index (χ1v) is 2.71. The van der Waals surface area contributed by atoms with Crippen LogP contribution < -0.4 is 17.0 Å². The Morgan fingerprint density at radius 2 is 1.73 bits per heavy atom. The third-order valence-electron chi connectivity index (χ3n) is 1.03. The molecule has 1 aromatic carbocycles. The molecule has 52 valence electrons. The molecule has 3 heteroatoms. The van der Waals surface area contributed by atoms with E-state index in [1.165, 1.54) is 6.42 Å². The van der Waals surface area contributed by atoms with Crippen molar-refractivity contribution in [3.05, 3.63) is 42.3 Å². The van der Waals surface area contributed by atoms with Gasteiger partial charge in [0.1, 0.15) is 0 Å². The van der Waals surface area contributed by atoms with Crippen molar-refractivity contribution in [3.8, 4) is 6.07 Å². The van der Waals surface area contributed by atoms with E-state index in [0.29, 0.717) is 0 Å². The Balaban J connectivity index is 0. The second kappa shape index (κ2) is 8.08. The van der Waals surface area contributed by atoms with Crippen molar-refractivity contribution in [2.75, 3.05) is 0 Å². The average molecular weight is 308 g/mol. The van der Waals surface area contributed by atoms with Crippen LogP contribution in [-0.2, 0) is 27.3 Å². The van der Waals surface area contributed by atoms with Crippen molar-refractivity contribution < 1.29 is 44.3 Å². The molecule has 0 aromatic heterocycles. The molecular weight excluding hydrogens is 302 g/mol. The fourth-order valence-electron chi connectivity index (χ4n) is 0.624. The van der Waals surface area contributed by atoms with E-state index in [1.54, 1.807) is 0 Å². The Morgan fingerprint density at radius 3 is 2.18 bits per heavy atom. The summed E-state index contributed by atoms with van der Waals surface area (Å²) in [5, 5.41) is 8.21. The molecule has 0 atom stereocenters. The van der Waals surface area contributed by atoms with Gasteiger partial charge in [0, 0.05) is 6.07 Å². The zero-order valence-electron chi connectivity index (χ0n) is 6.00. The number of rotatable bonds is 1. The SMILES string of the molecule is N#C[CH-]c1ccccc1.[Br-].[Cd+2]. The Morgan fingerprint density at radius 1 is 1.18 bits per heavy atom. The zero-order valence-corrected chi connectivity index (χ0v) is 11.6. The van der Waals surface area contributed by atoms with Gasteiger partial charge in [0.2, 0.25) is 0 Å². The fourth-order valence-corrected chi connectivity index (χ4v) is 0.624. The first kappa shape index (κ1) is 13.6. The van der Waals surface area contributed by atoms with Crippen LogP contribution >= 0.6 is 0 Å². The van der Waals surface area contributed by atoms with Gasteiger partial charge in [0.05, 0.1) is 0 Å². The van der Waals surface area contributed by atoms with Crippen LogP contribution in [0.15, 0.2) is 30.3 Å². The Kier molecular flexibility index (Phi) is 9.97. The molecule has 0 radical (unpaired) electrons. The molecule has 0 spiro atoms. The topological polar surface area (TPSA) is 23.8 Å². The fraction of sp³-hybridized carbons (Fsp3) is 0. The number of hydrogen-bond acceptors (Lipinski definition) is 1. The van der Waals surface area contributed by atoms with Gasteiger partial charge >= 0.3 is 27.3 Å². The van der Waals surface area contributed by atoms with Gasteiger partial charge < -0.3 is 17.0 Å². The normalized spacial score (nSPS) is 6.45. The first-order chi connectivity index (χ1) is 4.43. The van der Waals surface area contributed by atoms with E-state index in [9.17, 15) is 0 Å². The van der Waals surface area contributed by atoms with Crippen LogP contribution in [0.1, 0.15) is 5.56 Å². The monoisotopic (exact) mass is 309 g/mol. The Hall–Kier alpha value is -0.0179. The summed E-state index contributed by atoms with van der Waals surface area (Å²) < 4.78 is 0. The Bertz CT molecular complexity index is 217. The van der Waals surface area contributed by atoms with Crippen LogP contribution in [0.25, 0.3) is 0 Å². The standard InChI is InChI=1S/C8H6N.BrH.Cd/c9-7-6-8-4-2-1-3-5-8;;/h1-6H;1H;/q-1;;+2/p-1. The third-order valence-corrected chi connectivity index (χ3v) is 1.03. The van der Waals surface area contributed by atoms with Crippen LogP contribution in [0, 0.1) is 17.8 Å². The maximum Gasteiger partial charge on any atom is 2.00 e. The molecule has 0 aliphatic rings. The molecule has 0 N–H and O–H groups in total. The number of halogens is 1. The maximum atomic E-state index is 8.21. The molecule has 0 saturated carbocycles. The predicted molar refractivity (Wildman–Crippen MR) is 35.5 cm³/mol. The molecule has 1 aromatic rings. The maximum absolute atomic E-state index is 8.21. The number of hydrogen-bond donors (Lipinski definition) is 0. The van der Waals surface area contributed by atoms with Crippen molar-refractivity contribution >= 4 is 0 Å². The van der Waals surface area contributed by atoms with E-state index in [0.717, 1.165) is 5.56 Å². The molecule has 11 heavy (non-hydrogen) atoms. The quantitative estimate of drug-likeness (QED) is 0.471.